The van der Waals surface area contributed by atoms with Gasteiger partial charge in [-0.2, -0.15) is 0 Å². The molecule has 0 amide bonds. The molecule has 0 bridgehead atoms. The molecule has 0 atom stereocenters. The third-order valence-corrected chi connectivity index (χ3v) is 4.44. The van der Waals surface area contributed by atoms with Crippen LogP contribution in [0.4, 0.5) is 0 Å². The second kappa shape index (κ2) is 5.08. The molecular weight excluding hydrogens is 288 g/mol. The van der Waals surface area contributed by atoms with Crippen molar-refractivity contribution in [1.82, 2.24) is 0 Å². The van der Waals surface area contributed by atoms with Crippen LogP contribution in [-0.4, -0.2) is 5.05 Å². The number of ether oxygens (including phenoxy) is 1. The van der Waals surface area contributed by atoms with E-state index in [0.717, 1.165) is 22.3 Å². The fourth-order valence-electron chi connectivity index (χ4n) is 3.16. The molecule has 2 heteroatoms. The van der Waals surface area contributed by atoms with E-state index >= 15 is 0 Å². The third kappa shape index (κ3) is 1.81. The van der Waals surface area contributed by atoms with Gasteiger partial charge in [-0.1, -0.05) is 78.9 Å². The van der Waals surface area contributed by atoms with Crippen molar-refractivity contribution in [2.75, 3.05) is 0 Å². The van der Waals surface area contributed by atoms with E-state index in [1.807, 2.05) is 54.6 Å². The Labute approximate surface area is 135 Å². The van der Waals surface area contributed by atoms with Crippen LogP contribution >= 0.6 is 12.2 Å². The van der Waals surface area contributed by atoms with Gasteiger partial charge in [0, 0.05) is 22.3 Å². The molecule has 0 spiro atoms. The number of hydrogen-bond acceptors (Lipinski definition) is 2. The summed E-state index contributed by atoms with van der Waals surface area (Å²) in [7, 11) is 0. The molecule has 0 aliphatic carbocycles. The van der Waals surface area contributed by atoms with Crippen LogP contribution < -0.4 is 0 Å². The molecule has 4 rings (SSSR count). The summed E-state index contributed by atoms with van der Waals surface area (Å²) in [5.74, 6) is 0. The first-order valence-electron chi connectivity index (χ1n) is 7.26. The highest BCUT2D eigenvalue weighted by atomic mass is 32.1. The van der Waals surface area contributed by atoms with Crippen molar-refractivity contribution in [3.05, 3.63) is 107 Å². The van der Waals surface area contributed by atoms with Crippen LogP contribution in [0.15, 0.2) is 84.9 Å². The van der Waals surface area contributed by atoms with Crippen LogP contribution in [0.25, 0.3) is 0 Å². The zero-order chi connectivity index (χ0) is 15.0. The Morgan fingerprint density at radius 2 is 1.14 bits per heavy atom. The number of fused-ring (bicyclic) bond motifs is 1. The van der Waals surface area contributed by atoms with Crippen molar-refractivity contribution < 1.29 is 4.74 Å². The quantitative estimate of drug-likeness (QED) is 0.635. The molecule has 0 saturated carbocycles. The zero-order valence-electron chi connectivity index (χ0n) is 11.9. The molecule has 0 radical (unpaired) electrons. The molecule has 3 aromatic rings. The molecule has 3 aromatic carbocycles. The molecule has 0 aromatic heterocycles. The van der Waals surface area contributed by atoms with E-state index in [1.54, 1.807) is 0 Å². The Bertz CT molecular complexity index is 785. The van der Waals surface area contributed by atoms with Gasteiger partial charge in [0.2, 0.25) is 0 Å². The number of thiocarbonyl (C=S) groups is 1. The van der Waals surface area contributed by atoms with Crippen LogP contribution in [0.2, 0.25) is 0 Å². The van der Waals surface area contributed by atoms with Gasteiger partial charge in [-0.15, -0.1) is 0 Å². The summed E-state index contributed by atoms with van der Waals surface area (Å²) in [5, 5.41) is 0.559. The van der Waals surface area contributed by atoms with Crippen LogP contribution in [0, 0.1) is 0 Å². The van der Waals surface area contributed by atoms with Crippen LogP contribution in [0.5, 0.6) is 0 Å². The van der Waals surface area contributed by atoms with E-state index in [9.17, 15) is 0 Å². The lowest BCUT2D eigenvalue weighted by atomic mass is 9.80. The topological polar surface area (TPSA) is 9.23 Å². The van der Waals surface area contributed by atoms with Gasteiger partial charge < -0.3 is 4.74 Å². The molecule has 0 N–H and O–H groups in total. The minimum Gasteiger partial charge on any atom is -0.462 e. The van der Waals surface area contributed by atoms with Crippen molar-refractivity contribution in [1.29, 1.82) is 0 Å². The maximum Gasteiger partial charge on any atom is 0.193 e. The van der Waals surface area contributed by atoms with Crippen molar-refractivity contribution in [3.63, 3.8) is 0 Å². The van der Waals surface area contributed by atoms with E-state index in [1.165, 1.54) is 0 Å². The summed E-state index contributed by atoms with van der Waals surface area (Å²) in [6.07, 6.45) is 0. The molecule has 0 saturated heterocycles. The fourth-order valence-corrected chi connectivity index (χ4v) is 3.46. The van der Waals surface area contributed by atoms with E-state index in [-0.39, 0.29) is 0 Å². The lowest BCUT2D eigenvalue weighted by molar-refractivity contribution is 0.163. The second-order valence-corrected chi connectivity index (χ2v) is 5.72. The predicted molar refractivity (Wildman–Crippen MR) is 92.0 cm³/mol. The monoisotopic (exact) mass is 302 g/mol. The van der Waals surface area contributed by atoms with Gasteiger partial charge in [0.25, 0.3) is 0 Å². The fraction of sp³-hybridized carbons (Fsp3) is 0.0500. The highest BCUT2D eigenvalue weighted by Gasteiger charge is 2.46. The van der Waals surface area contributed by atoms with Crippen molar-refractivity contribution in [2.24, 2.45) is 0 Å². The zero-order valence-corrected chi connectivity index (χ0v) is 12.7. The molecule has 1 heterocycles. The molecule has 1 nitrogen and oxygen atoms in total. The van der Waals surface area contributed by atoms with E-state index < -0.39 is 5.60 Å². The van der Waals surface area contributed by atoms with Gasteiger partial charge in [0.05, 0.1) is 0 Å². The minimum atomic E-state index is -0.657. The molecular formula is C20H14OS. The minimum absolute atomic E-state index is 0.559. The van der Waals surface area contributed by atoms with Gasteiger partial charge in [0.1, 0.15) is 0 Å². The van der Waals surface area contributed by atoms with E-state index in [2.05, 4.69) is 30.3 Å². The Morgan fingerprint density at radius 3 is 1.73 bits per heavy atom. The van der Waals surface area contributed by atoms with Crippen LogP contribution in [-0.2, 0) is 10.3 Å². The summed E-state index contributed by atoms with van der Waals surface area (Å²) in [5.41, 5.74) is 3.64. The van der Waals surface area contributed by atoms with Gasteiger partial charge in [0.15, 0.2) is 10.7 Å². The first-order chi connectivity index (χ1) is 10.8. The average molecular weight is 302 g/mol. The molecule has 106 valence electrons. The average Bonchev–Trinajstić information content (AvgIpc) is 2.91. The summed E-state index contributed by atoms with van der Waals surface area (Å²) in [6, 6.07) is 28.7. The van der Waals surface area contributed by atoms with Crippen molar-refractivity contribution in [2.45, 2.75) is 5.60 Å². The van der Waals surface area contributed by atoms with Gasteiger partial charge >= 0.3 is 0 Å². The highest BCUT2D eigenvalue weighted by Crippen LogP contribution is 2.46. The molecule has 1 aliphatic heterocycles. The third-order valence-electron chi connectivity index (χ3n) is 4.13. The largest absolute Gasteiger partial charge is 0.462 e. The van der Waals surface area contributed by atoms with E-state index in [4.69, 9.17) is 17.0 Å². The van der Waals surface area contributed by atoms with Crippen molar-refractivity contribution in [3.8, 4) is 0 Å². The number of benzene rings is 3. The lowest BCUT2D eigenvalue weighted by Crippen LogP contribution is -2.29. The Kier molecular flexibility index (Phi) is 3.05. The maximum atomic E-state index is 6.32. The van der Waals surface area contributed by atoms with Crippen LogP contribution in [0.3, 0.4) is 0 Å². The van der Waals surface area contributed by atoms with E-state index in [0.29, 0.717) is 5.05 Å². The SMILES string of the molecule is S=C1OC(c2ccccc2)(c2ccccc2)c2ccccc21. The van der Waals surface area contributed by atoms with Crippen LogP contribution in [0.1, 0.15) is 22.3 Å². The lowest BCUT2D eigenvalue weighted by Gasteiger charge is -2.30. The molecule has 0 unspecified atom stereocenters. The Hall–Kier alpha value is -2.45. The standard InChI is InChI=1S/C20H14OS/c22-19-17-13-7-8-14-18(17)20(21-19,15-9-3-1-4-10-15)16-11-5-2-6-12-16/h1-14H. The number of rotatable bonds is 2. The summed E-state index contributed by atoms with van der Waals surface area (Å²) < 4.78 is 6.32. The predicted octanol–water partition coefficient (Wildman–Crippen LogP) is 4.68. The van der Waals surface area contributed by atoms with Gasteiger partial charge in [-0.05, 0) is 18.3 Å². The smallest absolute Gasteiger partial charge is 0.193 e. The van der Waals surface area contributed by atoms with Gasteiger partial charge in [-0.25, -0.2) is 0 Å². The molecule has 1 aliphatic rings. The second-order valence-electron chi connectivity index (χ2n) is 5.35. The Balaban J connectivity index is 2.06. The Morgan fingerprint density at radius 1 is 0.636 bits per heavy atom. The summed E-state index contributed by atoms with van der Waals surface area (Å²) >= 11 is 5.50. The summed E-state index contributed by atoms with van der Waals surface area (Å²) in [4.78, 5) is 0. The van der Waals surface area contributed by atoms with Crippen molar-refractivity contribution >= 4 is 17.3 Å². The molecule has 22 heavy (non-hydrogen) atoms. The normalized spacial score (nSPS) is 15.2. The number of hydrogen-bond donors (Lipinski definition) is 0. The first-order valence-corrected chi connectivity index (χ1v) is 7.67. The first kappa shape index (κ1) is 13.2. The maximum absolute atomic E-state index is 6.32. The van der Waals surface area contributed by atoms with Gasteiger partial charge in [-0.3, -0.25) is 0 Å². The molecule has 0 fully saturated rings. The highest BCUT2D eigenvalue weighted by molar-refractivity contribution is 7.80. The summed E-state index contributed by atoms with van der Waals surface area (Å²) in [6.45, 7) is 0.